The molecule has 1 aliphatic heterocycles. The molecule has 3 rings (SSSR count). The van der Waals surface area contributed by atoms with E-state index < -0.39 is 24.1 Å². The van der Waals surface area contributed by atoms with Crippen LogP contribution in [-0.4, -0.2) is 47.3 Å². The highest BCUT2D eigenvalue weighted by Crippen LogP contribution is 2.46. The van der Waals surface area contributed by atoms with Crippen molar-refractivity contribution in [3.63, 3.8) is 0 Å². The van der Waals surface area contributed by atoms with Crippen molar-refractivity contribution in [1.29, 1.82) is 0 Å². The lowest BCUT2D eigenvalue weighted by Gasteiger charge is -2.43. The van der Waals surface area contributed by atoms with Crippen molar-refractivity contribution in [3.05, 3.63) is 30.1 Å². The largest absolute Gasteiger partial charge is 0.463 e. The van der Waals surface area contributed by atoms with Gasteiger partial charge < -0.3 is 10.1 Å². The highest BCUT2D eigenvalue weighted by Gasteiger charge is 2.56. The van der Waals surface area contributed by atoms with Gasteiger partial charge in [-0.25, -0.2) is 9.18 Å². The summed E-state index contributed by atoms with van der Waals surface area (Å²) in [6, 6.07) is 5.82. The maximum atomic E-state index is 13.6. The van der Waals surface area contributed by atoms with Gasteiger partial charge >= 0.3 is 12.0 Å². The highest BCUT2D eigenvalue weighted by molar-refractivity contribution is 7.99. The Balaban J connectivity index is 1.52. The van der Waals surface area contributed by atoms with Crippen LogP contribution in [0.3, 0.4) is 0 Å². The molecule has 2 atom stereocenters. The minimum atomic E-state index is -0.931. The molecule has 0 aromatic heterocycles. The van der Waals surface area contributed by atoms with Crippen molar-refractivity contribution >= 4 is 29.7 Å². The third kappa shape index (κ3) is 4.91. The molecular formula is C21H27FN2O4S. The van der Waals surface area contributed by atoms with Crippen LogP contribution in [0.4, 0.5) is 9.18 Å². The average molecular weight is 423 g/mol. The Morgan fingerprint density at radius 2 is 2.03 bits per heavy atom. The van der Waals surface area contributed by atoms with Crippen molar-refractivity contribution in [2.24, 2.45) is 11.3 Å². The number of hydrogen-bond donors (Lipinski definition) is 1. The first kappa shape index (κ1) is 21.6. The number of nitrogens with one attached hydrogen (secondary N) is 1. The van der Waals surface area contributed by atoms with Crippen LogP contribution in [0.1, 0.15) is 40.0 Å². The van der Waals surface area contributed by atoms with Crippen molar-refractivity contribution < 1.29 is 23.5 Å². The minimum absolute atomic E-state index is 0.0662. The number of urea groups is 1. The smallest absolute Gasteiger partial charge is 0.326 e. The number of hydrogen-bond acceptors (Lipinski definition) is 5. The molecule has 2 fully saturated rings. The first-order valence-corrected chi connectivity index (χ1v) is 10.8. The van der Waals surface area contributed by atoms with Crippen LogP contribution in [-0.2, 0) is 14.3 Å². The fourth-order valence-corrected chi connectivity index (χ4v) is 5.46. The van der Waals surface area contributed by atoms with E-state index in [0.29, 0.717) is 29.4 Å². The Morgan fingerprint density at radius 3 is 2.72 bits per heavy atom. The second kappa shape index (κ2) is 8.34. The summed E-state index contributed by atoms with van der Waals surface area (Å²) < 4.78 is 18.7. The number of halogens is 1. The Morgan fingerprint density at radius 1 is 1.31 bits per heavy atom. The summed E-state index contributed by atoms with van der Waals surface area (Å²) in [5.41, 5.74) is -1.000. The summed E-state index contributed by atoms with van der Waals surface area (Å²) in [6.07, 6.45) is 2.12. The molecule has 158 valence electrons. The molecule has 0 bridgehead atoms. The topological polar surface area (TPSA) is 75.7 Å². The van der Waals surface area contributed by atoms with E-state index in [4.69, 9.17) is 4.74 Å². The Hall–Kier alpha value is -2.09. The number of carbonyl (C=O) groups is 3. The molecule has 29 heavy (non-hydrogen) atoms. The predicted molar refractivity (Wildman–Crippen MR) is 108 cm³/mol. The van der Waals surface area contributed by atoms with Crippen LogP contribution in [0, 0.1) is 17.2 Å². The maximum absolute atomic E-state index is 13.6. The Kier molecular flexibility index (Phi) is 6.22. The summed E-state index contributed by atoms with van der Waals surface area (Å²) >= 11 is 1.24. The molecule has 6 nitrogen and oxygen atoms in total. The summed E-state index contributed by atoms with van der Waals surface area (Å²) in [5, 5.41) is 2.84. The first-order valence-electron chi connectivity index (χ1n) is 9.79. The minimum Gasteiger partial charge on any atom is -0.463 e. The highest BCUT2D eigenvalue weighted by atomic mass is 32.2. The fourth-order valence-electron chi connectivity index (χ4n) is 4.69. The molecule has 0 unspecified atom stereocenters. The molecule has 1 aromatic rings. The monoisotopic (exact) mass is 422 g/mol. The molecule has 1 aliphatic carbocycles. The van der Waals surface area contributed by atoms with Gasteiger partial charge in [-0.1, -0.05) is 32.9 Å². The van der Waals surface area contributed by atoms with Crippen LogP contribution in [0.2, 0.25) is 0 Å². The molecule has 1 heterocycles. The van der Waals surface area contributed by atoms with Crippen LogP contribution in [0.15, 0.2) is 29.2 Å². The van der Waals surface area contributed by atoms with Gasteiger partial charge in [0.2, 0.25) is 0 Å². The number of amides is 3. The van der Waals surface area contributed by atoms with E-state index in [1.165, 1.54) is 17.8 Å². The number of rotatable bonds is 6. The van der Waals surface area contributed by atoms with Crippen molar-refractivity contribution in [1.82, 2.24) is 10.2 Å². The van der Waals surface area contributed by atoms with Gasteiger partial charge in [0.15, 0.2) is 0 Å². The lowest BCUT2D eigenvalue weighted by Crippen LogP contribution is -2.54. The van der Waals surface area contributed by atoms with E-state index in [0.717, 1.165) is 11.3 Å². The number of benzene rings is 1. The third-order valence-corrected chi connectivity index (χ3v) is 6.36. The molecule has 1 aromatic carbocycles. The number of thioether (sulfide) groups is 1. The van der Waals surface area contributed by atoms with E-state index >= 15 is 0 Å². The standard InChI is InChI=1S/C21H27FN2O4S/c1-14-10-20(2,3)13-21(11-14)18(26)24(19(27)23-21)12-17(25)28-8-9-29-16-7-5-4-6-15(16)22/h4-7,14H,8-13H2,1-3H3,(H,23,27)/t14-,21+/m1/s1. The predicted octanol–water partition coefficient (Wildman–Crippen LogP) is 3.60. The maximum Gasteiger partial charge on any atom is 0.326 e. The van der Waals surface area contributed by atoms with E-state index in [1.807, 2.05) is 0 Å². The molecule has 3 amide bonds. The van der Waals surface area contributed by atoms with E-state index in [9.17, 15) is 18.8 Å². The van der Waals surface area contributed by atoms with Gasteiger partial charge in [-0.2, -0.15) is 0 Å². The summed E-state index contributed by atoms with van der Waals surface area (Å²) in [7, 11) is 0. The second-order valence-corrected chi connectivity index (χ2v) is 9.89. The van der Waals surface area contributed by atoms with Crippen molar-refractivity contribution in [2.45, 2.75) is 50.5 Å². The zero-order valence-corrected chi connectivity index (χ0v) is 17.8. The number of nitrogens with zero attached hydrogens (tertiary/aromatic N) is 1. The summed E-state index contributed by atoms with van der Waals surface area (Å²) in [4.78, 5) is 39.0. The summed E-state index contributed by atoms with van der Waals surface area (Å²) in [5.74, 6) is -0.645. The van der Waals surface area contributed by atoms with Crippen LogP contribution >= 0.6 is 11.8 Å². The fraction of sp³-hybridized carbons (Fsp3) is 0.571. The van der Waals surface area contributed by atoms with Gasteiger partial charge in [0.25, 0.3) is 5.91 Å². The number of ether oxygens (including phenoxy) is 1. The molecule has 1 saturated heterocycles. The zero-order valence-electron chi connectivity index (χ0n) is 17.0. The Bertz CT molecular complexity index is 816. The number of esters is 1. The molecule has 1 N–H and O–H groups in total. The lowest BCUT2D eigenvalue weighted by molar-refractivity contribution is -0.148. The van der Waals surface area contributed by atoms with Gasteiger partial charge in [0.05, 0.1) is 0 Å². The number of carbonyl (C=O) groups excluding carboxylic acids is 3. The lowest BCUT2D eigenvalue weighted by atomic mass is 9.64. The van der Waals surface area contributed by atoms with Gasteiger partial charge in [-0.3, -0.25) is 14.5 Å². The van der Waals surface area contributed by atoms with Gasteiger partial charge in [0.1, 0.15) is 24.5 Å². The Labute approximate surface area is 174 Å². The van der Waals surface area contributed by atoms with Gasteiger partial charge in [-0.05, 0) is 42.7 Å². The molecule has 8 heteroatoms. The van der Waals surface area contributed by atoms with E-state index in [-0.39, 0.29) is 23.7 Å². The van der Waals surface area contributed by atoms with Crippen LogP contribution < -0.4 is 5.32 Å². The van der Waals surface area contributed by atoms with Crippen LogP contribution in [0.5, 0.6) is 0 Å². The summed E-state index contributed by atoms with van der Waals surface area (Å²) in [6.45, 7) is 5.91. The van der Waals surface area contributed by atoms with Gasteiger partial charge in [-0.15, -0.1) is 11.8 Å². The molecule has 0 radical (unpaired) electrons. The van der Waals surface area contributed by atoms with Crippen molar-refractivity contribution in [3.8, 4) is 0 Å². The second-order valence-electron chi connectivity index (χ2n) is 8.76. The normalized spacial score (nSPS) is 25.9. The average Bonchev–Trinajstić information content (AvgIpc) is 2.81. The van der Waals surface area contributed by atoms with Crippen LogP contribution in [0.25, 0.3) is 0 Å². The molecule has 1 saturated carbocycles. The van der Waals surface area contributed by atoms with Gasteiger partial charge in [0, 0.05) is 10.6 Å². The van der Waals surface area contributed by atoms with E-state index in [1.54, 1.807) is 18.2 Å². The quantitative estimate of drug-likeness (QED) is 0.328. The number of imide groups is 1. The third-order valence-electron chi connectivity index (χ3n) is 5.35. The zero-order chi connectivity index (χ0) is 21.2. The SMILES string of the molecule is C[C@@H]1CC(C)(C)C[C@]2(C1)NC(=O)N(CC(=O)OCCSc1ccccc1F)C2=O. The molecule has 1 spiro atoms. The van der Waals surface area contributed by atoms with Crippen molar-refractivity contribution in [2.75, 3.05) is 18.9 Å². The molecular weight excluding hydrogens is 395 g/mol. The molecule has 2 aliphatic rings. The van der Waals surface area contributed by atoms with E-state index in [2.05, 4.69) is 26.1 Å². The first-order chi connectivity index (χ1) is 13.6.